The monoisotopic (exact) mass is 406 g/mol. The largest absolute Gasteiger partial charge is 0.281 e. The van der Waals surface area contributed by atoms with Crippen LogP contribution >= 0.6 is 11.3 Å². The van der Waals surface area contributed by atoms with Crippen molar-refractivity contribution < 1.29 is 4.79 Å². The summed E-state index contributed by atoms with van der Waals surface area (Å²) in [5.41, 5.74) is 7.83. The molecule has 3 aromatic rings. The number of carbonyl (C=O) groups excluding carboxylic acids is 1. The van der Waals surface area contributed by atoms with Crippen molar-refractivity contribution in [3.63, 3.8) is 0 Å². The molecule has 6 heteroatoms. The lowest BCUT2D eigenvalue weighted by molar-refractivity contribution is 0.0959. The Balaban J connectivity index is 1.47. The molecule has 2 heterocycles. The van der Waals surface area contributed by atoms with Gasteiger partial charge in [0.2, 0.25) is 0 Å². The number of hydrazone groups is 1. The van der Waals surface area contributed by atoms with Crippen LogP contribution in [0.4, 0.5) is 0 Å². The average Bonchev–Trinajstić information content (AvgIpc) is 3.29. The minimum Gasteiger partial charge on any atom is -0.266 e. The summed E-state index contributed by atoms with van der Waals surface area (Å²) in [6.07, 6.45) is 6.31. The second-order valence-electron chi connectivity index (χ2n) is 7.61. The summed E-state index contributed by atoms with van der Waals surface area (Å²) < 4.78 is 1.90. The van der Waals surface area contributed by atoms with Crippen molar-refractivity contribution in [2.45, 2.75) is 46.5 Å². The number of aromatic nitrogens is 2. The highest BCUT2D eigenvalue weighted by Crippen LogP contribution is 2.33. The van der Waals surface area contributed by atoms with Gasteiger partial charge >= 0.3 is 0 Å². The van der Waals surface area contributed by atoms with Crippen molar-refractivity contribution in [1.82, 2.24) is 15.2 Å². The van der Waals surface area contributed by atoms with Crippen LogP contribution in [0.2, 0.25) is 0 Å². The van der Waals surface area contributed by atoms with Crippen LogP contribution in [0.25, 0.3) is 5.69 Å². The van der Waals surface area contributed by atoms with Crippen molar-refractivity contribution in [1.29, 1.82) is 0 Å². The molecule has 1 aliphatic carbocycles. The summed E-state index contributed by atoms with van der Waals surface area (Å²) in [5, 5.41) is 8.82. The third-order valence-corrected chi connectivity index (χ3v) is 6.93. The lowest BCUT2D eigenvalue weighted by Crippen LogP contribution is -2.16. The fourth-order valence-corrected chi connectivity index (χ4v) is 5.03. The Bertz CT molecular complexity index is 1050. The normalized spacial score (nSPS) is 16.2. The Morgan fingerprint density at radius 3 is 2.90 bits per heavy atom. The first-order valence-electron chi connectivity index (χ1n) is 10.1. The molecule has 0 saturated carbocycles. The molecule has 1 aliphatic rings. The van der Waals surface area contributed by atoms with Gasteiger partial charge in [-0.2, -0.15) is 10.2 Å². The summed E-state index contributed by atoms with van der Waals surface area (Å²) in [5.74, 6) is 0.609. The third-order valence-electron chi connectivity index (χ3n) is 5.69. The van der Waals surface area contributed by atoms with Crippen molar-refractivity contribution in [3.8, 4) is 5.69 Å². The zero-order valence-electron chi connectivity index (χ0n) is 17.1. The predicted octanol–water partition coefficient (Wildman–Crippen LogP) is 4.83. The van der Waals surface area contributed by atoms with E-state index >= 15 is 0 Å². The average molecular weight is 407 g/mol. The molecule has 0 fully saturated rings. The standard InChI is InChI=1S/C23H26N4OS/c1-4-17-10-11-21-18(12-17)13-22(29-21)23(28)25-24-14-20-15(2)26-27(16(20)3)19-8-6-5-7-9-19/h5-9,13-14,17H,4,10-12H2,1-3H3,(H,25,28)/b24-14-/t17-/m0/s1. The van der Waals surface area contributed by atoms with Crippen LogP contribution in [0.5, 0.6) is 0 Å². The molecule has 0 bridgehead atoms. The number of hydrogen-bond donors (Lipinski definition) is 1. The Hall–Kier alpha value is -2.73. The maximum absolute atomic E-state index is 12.6. The number of nitrogens with one attached hydrogen (secondary N) is 1. The van der Waals surface area contributed by atoms with Gasteiger partial charge in [-0.3, -0.25) is 4.79 Å². The molecule has 1 amide bonds. The number of rotatable bonds is 5. The number of amides is 1. The maximum Gasteiger partial charge on any atom is 0.281 e. The zero-order chi connectivity index (χ0) is 20.4. The highest BCUT2D eigenvalue weighted by Gasteiger charge is 2.22. The van der Waals surface area contributed by atoms with Gasteiger partial charge in [0.05, 0.1) is 28.2 Å². The van der Waals surface area contributed by atoms with Gasteiger partial charge in [0.1, 0.15) is 0 Å². The third kappa shape index (κ3) is 4.03. The first-order valence-corrected chi connectivity index (χ1v) is 10.9. The molecule has 29 heavy (non-hydrogen) atoms. The number of fused-ring (bicyclic) bond motifs is 1. The van der Waals surface area contributed by atoms with Crippen LogP contribution in [0.3, 0.4) is 0 Å². The van der Waals surface area contributed by atoms with Gasteiger partial charge in [-0.25, -0.2) is 10.1 Å². The summed E-state index contributed by atoms with van der Waals surface area (Å²) in [6.45, 7) is 6.20. The molecule has 0 aliphatic heterocycles. The van der Waals surface area contributed by atoms with Crippen molar-refractivity contribution >= 4 is 23.5 Å². The number of hydrogen-bond acceptors (Lipinski definition) is 4. The molecule has 4 rings (SSSR count). The van der Waals surface area contributed by atoms with Crippen molar-refractivity contribution in [2.75, 3.05) is 0 Å². The van der Waals surface area contributed by atoms with Crippen molar-refractivity contribution in [3.05, 3.63) is 68.7 Å². The van der Waals surface area contributed by atoms with Crippen molar-refractivity contribution in [2.24, 2.45) is 11.0 Å². The smallest absolute Gasteiger partial charge is 0.266 e. The molecule has 1 N–H and O–H groups in total. The van der Waals surface area contributed by atoms with E-state index in [4.69, 9.17) is 0 Å². The molecule has 0 saturated heterocycles. The minimum absolute atomic E-state index is 0.139. The van der Waals surface area contributed by atoms with E-state index in [1.165, 1.54) is 23.3 Å². The topological polar surface area (TPSA) is 59.3 Å². The molecule has 2 aromatic heterocycles. The predicted molar refractivity (Wildman–Crippen MR) is 118 cm³/mol. The van der Waals surface area contributed by atoms with E-state index in [0.29, 0.717) is 0 Å². The second-order valence-corrected chi connectivity index (χ2v) is 8.74. The number of thiophene rings is 1. The SMILES string of the molecule is CC[C@H]1CCc2sc(C(=O)N/N=C\c3c(C)nn(-c4ccccc4)c3C)cc2C1. The van der Waals surface area contributed by atoms with E-state index in [-0.39, 0.29) is 5.91 Å². The fourth-order valence-electron chi connectivity index (χ4n) is 3.93. The Labute approximate surface area is 175 Å². The van der Waals surface area contributed by atoms with E-state index in [1.807, 2.05) is 48.9 Å². The van der Waals surface area contributed by atoms with E-state index in [0.717, 1.165) is 46.3 Å². The van der Waals surface area contributed by atoms with Crippen LogP contribution in [-0.4, -0.2) is 21.9 Å². The van der Waals surface area contributed by atoms with E-state index in [2.05, 4.69) is 28.6 Å². The fraction of sp³-hybridized carbons (Fsp3) is 0.348. The summed E-state index contributed by atoms with van der Waals surface area (Å²) >= 11 is 1.61. The quantitative estimate of drug-likeness (QED) is 0.487. The highest BCUT2D eigenvalue weighted by atomic mass is 32.1. The first-order chi connectivity index (χ1) is 14.1. The summed E-state index contributed by atoms with van der Waals surface area (Å²) in [4.78, 5) is 14.7. The number of para-hydroxylation sites is 1. The lowest BCUT2D eigenvalue weighted by Gasteiger charge is -2.19. The zero-order valence-corrected chi connectivity index (χ0v) is 17.9. The molecule has 0 unspecified atom stereocenters. The highest BCUT2D eigenvalue weighted by molar-refractivity contribution is 7.14. The molecule has 0 spiro atoms. The maximum atomic E-state index is 12.6. The molecule has 150 valence electrons. The second kappa shape index (κ2) is 8.33. The van der Waals surface area contributed by atoms with Crippen LogP contribution in [0.15, 0.2) is 41.5 Å². The van der Waals surface area contributed by atoms with Gasteiger partial charge in [-0.1, -0.05) is 31.5 Å². The molecular weight excluding hydrogens is 380 g/mol. The summed E-state index contributed by atoms with van der Waals surface area (Å²) in [6, 6.07) is 12.0. The Morgan fingerprint density at radius 2 is 2.14 bits per heavy atom. The lowest BCUT2D eigenvalue weighted by atomic mass is 9.87. The molecule has 5 nitrogen and oxygen atoms in total. The van der Waals surface area contributed by atoms with E-state index in [1.54, 1.807) is 17.6 Å². The van der Waals surface area contributed by atoms with Crippen LogP contribution in [0, 0.1) is 19.8 Å². The van der Waals surface area contributed by atoms with Gasteiger partial charge < -0.3 is 0 Å². The number of nitrogens with zero attached hydrogens (tertiary/aromatic N) is 3. The molecular formula is C23H26N4OS. The molecule has 1 atom stereocenters. The van der Waals surface area contributed by atoms with Crippen LogP contribution in [-0.2, 0) is 12.8 Å². The number of carbonyl (C=O) groups is 1. The van der Waals surface area contributed by atoms with Gasteiger partial charge in [-0.05, 0) is 62.8 Å². The number of aryl methyl sites for hydroxylation is 2. The van der Waals surface area contributed by atoms with Gasteiger partial charge in [-0.15, -0.1) is 11.3 Å². The molecule has 0 radical (unpaired) electrons. The van der Waals surface area contributed by atoms with Gasteiger partial charge in [0.15, 0.2) is 0 Å². The first kappa shape index (κ1) is 19.6. The summed E-state index contributed by atoms with van der Waals surface area (Å²) in [7, 11) is 0. The Morgan fingerprint density at radius 1 is 1.34 bits per heavy atom. The van der Waals surface area contributed by atoms with E-state index < -0.39 is 0 Å². The van der Waals surface area contributed by atoms with Gasteiger partial charge in [0.25, 0.3) is 5.91 Å². The van der Waals surface area contributed by atoms with Crippen LogP contribution < -0.4 is 5.43 Å². The van der Waals surface area contributed by atoms with Crippen LogP contribution in [0.1, 0.15) is 56.8 Å². The number of benzene rings is 1. The van der Waals surface area contributed by atoms with E-state index in [9.17, 15) is 4.79 Å². The Kier molecular flexibility index (Phi) is 5.62. The minimum atomic E-state index is -0.139. The van der Waals surface area contributed by atoms with Gasteiger partial charge in [0, 0.05) is 10.4 Å². The molecule has 1 aromatic carbocycles.